The van der Waals surface area contributed by atoms with Gasteiger partial charge in [0, 0.05) is 11.1 Å². The van der Waals surface area contributed by atoms with E-state index in [1.807, 2.05) is 40.5 Å². The molecule has 5 nitrogen and oxygen atoms in total. The molecule has 0 saturated heterocycles. The minimum absolute atomic E-state index is 0.713. The number of thiophene rings is 1. The van der Waals surface area contributed by atoms with Crippen LogP contribution in [-0.2, 0) is 0 Å². The first-order valence-corrected chi connectivity index (χ1v) is 6.63. The second-order valence-corrected chi connectivity index (χ2v) is 5.11. The second-order valence-electron chi connectivity index (χ2n) is 4.21. The highest BCUT2D eigenvalue weighted by Crippen LogP contribution is 2.26. The number of benzene rings is 1. The largest absolute Gasteiger partial charge is 0.399 e. The Morgan fingerprint density at radius 3 is 3.05 bits per heavy atom. The Bertz CT molecular complexity index is 892. The van der Waals surface area contributed by atoms with Crippen molar-refractivity contribution in [1.82, 2.24) is 19.7 Å². The van der Waals surface area contributed by atoms with Crippen molar-refractivity contribution in [3.63, 3.8) is 0 Å². The van der Waals surface area contributed by atoms with Crippen LogP contribution in [-0.4, -0.2) is 19.7 Å². The van der Waals surface area contributed by atoms with E-state index >= 15 is 0 Å². The van der Waals surface area contributed by atoms with Crippen molar-refractivity contribution in [3.05, 3.63) is 42.2 Å². The van der Waals surface area contributed by atoms with Crippen LogP contribution in [0.5, 0.6) is 0 Å². The zero-order chi connectivity index (χ0) is 12.8. The van der Waals surface area contributed by atoms with E-state index in [4.69, 9.17) is 5.73 Å². The van der Waals surface area contributed by atoms with Crippen molar-refractivity contribution in [2.24, 2.45) is 0 Å². The predicted molar refractivity (Wildman–Crippen MR) is 76.5 cm³/mol. The van der Waals surface area contributed by atoms with Gasteiger partial charge in [-0.3, -0.25) is 0 Å². The van der Waals surface area contributed by atoms with Gasteiger partial charge in [0.2, 0.25) is 0 Å². The maximum atomic E-state index is 5.85. The fourth-order valence-corrected chi connectivity index (χ4v) is 2.88. The molecule has 19 heavy (non-hydrogen) atoms. The van der Waals surface area contributed by atoms with Crippen LogP contribution in [0.1, 0.15) is 0 Å². The van der Waals surface area contributed by atoms with Crippen LogP contribution in [0.25, 0.3) is 26.9 Å². The molecule has 4 rings (SSSR count). The van der Waals surface area contributed by atoms with Gasteiger partial charge < -0.3 is 5.73 Å². The Labute approximate surface area is 112 Å². The van der Waals surface area contributed by atoms with Crippen LogP contribution in [0.2, 0.25) is 0 Å². The lowest BCUT2D eigenvalue weighted by Crippen LogP contribution is -2.00. The molecule has 1 aromatic carbocycles. The number of nitrogens with zero attached hydrogens (tertiary/aromatic N) is 4. The summed E-state index contributed by atoms with van der Waals surface area (Å²) in [6.45, 7) is 0. The Morgan fingerprint density at radius 2 is 2.11 bits per heavy atom. The van der Waals surface area contributed by atoms with Gasteiger partial charge in [-0.15, -0.1) is 11.3 Å². The first kappa shape index (κ1) is 10.5. The molecule has 0 unspecified atom stereocenters. The topological polar surface area (TPSA) is 69.6 Å². The SMILES string of the molecule is Nc1ccc2cnn(-c3ncnc4sccc34)c2c1. The summed E-state index contributed by atoms with van der Waals surface area (Å²) in [5.74, 6) is 0.784. The van der Waals surface area contributed by atoms with E-state index in [9.17, 15) is 0 Å². The quantitative estimate of drug-likeness (QED) is 0.538. The van der Waals surface area contributed by atoms with E-state index in [2.05, 4.69) is 15.1 Å². The zero-order valence-electron chi connectivity index (χ0n) is 9.82. The number of rotatable bonds is 1. The molecule has 0 aliphatic rings. The average Bonchev–Trinajstić information content (AvgIpc) is 3.03. The van der Waals surface area contributed by atoms with E-state index in [-0.39, 0.29) is 0 Å². The minimum Gasteiger partial charge on any atom is -0.399 e. The van der Waals surface area contributed by atoms with Gasteiger partial charge in [-0.1, -0.05) is 0 Å². The Morgan fingerprint density at radius 1 is 1.16 bits per heavy atom. The van der Waals surface area contributed by atoms with Crippen molar-refractivity contribution in [2.75, 3.05) is 5.73 Å². The van der Waals surface area contributed by atoms with Crippen molar-refractivity contribution in [3.8, 4) is 5.82 Å². The standard InChI is InChI=1S/C13H9N5S/c14-9-2-1-8-6-17-18(11(8)5-9)12-10-3-4-19-13(10)16-7-15-12/h1-7H,14H2. The van der Waals surface area contributed by atoms with Gasteiger partial charge in [0.25, 0.3) is 0 Å². The number of hydrogen-bond acceptors (Lipinski definition) is 5. The van der Waals surface area contributed by atoms with Gasteiger partial charge in [-0.05, 0) is 29.6 Å². The molecule has 6 heteroatoms. The maximum absolute atomic E-state index is 5.85. The number of hydrogen-bond donors (Lipinski definition) is 1. The van der Waals surface area contributed by atoms with Crippen LogP contribution in [0.15, 0.2) is 42.2 Å². The molecular formula is C13H9N5S. The molecule has 0 bridgehead atoms. The lowest BCUT2D eigenvalue weighted by molar-refractivity contribution is 0.879. The number of aromatic nitrogens is 4. The molecular weight excluding hydrogens is 258 g/mol. The molecule has 4 aromatic rings. The zero-order valence-corrected chi connectivity index (χ0v) is 10.6. The van der Waals surface area contributed by atoms with Gasteiger partial charge in [0.05, 0.1) is 17.1 Å². The number of nitrogens with two attached hydrogens (primary N) is 1. The van der Waals surface area contributed by atoms with Crippen molar-refractivity contribution < 1.29 is 0 Å². The number of anilines is 1. The predicted octanol–water partition coefficient (Wildman–Crippen LogP) is 2.61. The normalized spacial score (nSPS) is 11.4. The summed E-state index contributed by atoms with van der Waals surface area (Å²) in [7, 11) is 0. The van der Waals surface area contributed by atoms with E-state index in [0.717, 1.165) is 26.9 Å². The third kappa shape index (κ3) is 1.50. The van der Waals surface area contributed by atoms with Crippen LogP contribution in [0.4, 0.5) is 5.69 Å². The third-order valence-electron chi connectivity index (χ3n) is 3.04. The Balaban J connectivity index is 2.09. The lowest BCUT2D eigenvalue weighted by atomic mass is 10.2. The summed E-state index contributed by atoms with van der Waals surface area (Å²) in [6, 6.07) is 7.74. The molecule has 2 N–H and O–H groups in total. The Hall–Kier alpha value is -2.47. The smallest absolute Gasteiger partial charge is 0.166 e. The summed E-state index contributed by atoms with van der Waals surface area (Å²) < 4.78 is 1.81. The van der Waals surface area contributed by atoms with E-state index in [1.165, 1.54) is 0 Å². The van der Waals surface area contributed by atoms with E-state index in [0.29, 0.717) is 5.69 Å². The highest BCUT2D eigenvalue weighted by atomic mass is 32.1. The lowest BCUT2D eigenvalue weighted by Gasteiger charge is -2.04. The van der Waals surface area contributed by atoms with Crippen molar-refractivity contribution >= 4 is 38.1 Å². The summed E-state index contributed by atoms with van der Waals surface area (Å²) in [4.78, 5) is 9.56. The highest BCUT2D eigenvalue weighted by Gasteiger charge is 2.11. The van der Waals surface area contributed by atoms with Gasteiger partial charge in [-0.2, -0.15) is 5.10 Å². The van der Waals surface area contributed by atoms with Gasteiger partial charge >= 0.3 is 0 Å². The van der Waals surface area contributed by atoms with E-state index in [1.54, 1.807) is 17.7 Å². The van der Waals surface area contributed by atoms with Gasteiger partial charge in [0.15, 0.2) is 5.82 Å². The summed E-state index contributed by atoms with van der Waals surface area (Å²) in [5.41, 5.74) is 7.51. The average molecular weight is 267 g/mol. The monoisotopic (exact) mass is 267 g/mol. The minimum atomic E-state index is 0.713. The first-order chi connectivity index (χ1) is 9.33. The fraction of sp³-hybridized carbons (Fsp3) is 0. The van der Waals surface area contributed by atoms with Crippen LogP contribution in [0.3, 0.4) is 0 Å². The molecule has 0 amide bonds. The molecule has 92 valence electrons. The van der Waals surface area contributed by atoms with E-state index < -0.39 is 0 Å². The highest BCUT2D eigenvalue weighted by molar-refractivity contribution is 7.16. The number of nitrogen functional groups attached to an aromatic ring is 1. The summed E-state index contributed by atoms with van der Waals surface area (Å²) in [5, 5.41) is 8.45. The molecule has 0 radical (unpaired) electrons. The maximum Gasteiger partial charge on any atom is 0.166 e. The summed E-state index contributed by atoms with van der Waals surface area (Å²) in [6.07, 6.45) is 3.38. The fourth-order valence-electron chi connectivity index (χ4n) is 2.15. The molecule has 0 spiro atoms. The molecule has 3 heterocycles. The Kier molecular flexibility index (Phi) is 2.07. The molecule has 0 aliphatic heterocycles. The molecule has 3 aromatic heterocycles. The van der Waals surface area contributed by atoms with Crippen molar-refractivity contribution in [1.29, 1.82) is 0 Å². The van der Waals surface area contributed by atoms with Gasteiger partial charge in [-0.25, -0.2) is 14.6 Å². The number of fused-ring (bicyclic) bond motifs is 2. The summed E-state index contributed by atoms with van der Waals surface area (Å²) >= 11 is 1.59. The first-order valence-electron chi connectivity index (χ1n) is 5.75. The van der Waals surface area contributed by atoms with Crippen LogP contribution >= 0.6 is 11.3 Å². The molecule has 0 aliphatic carbocycles. The third-order valence-corrected chi connectivity index (χ3v) is 3.86. The molecule has 0 atom stereocenters. The molecule has 0 saturated carbocycles. The van der Waals surface area contributed by atoms with Crippen LogP contribution in [0, 0.1) is 0 Å². The van der Waals surface area contributed by atoms with Crippen LogP contribution < -0.4 is 5.73 Å². The second kappa shape index (κ2) is 3.76. The van der Waals surface area contributed by atoms with Gasteiger partial charge in [0.1, 0.15) is 11.2 Å². The van der Waals surface area contributed by atoms with Crippen molar-refractivity contribution in [2.45, 2.75) is 0 Å². The molecule has 0 fully saturated rings.